The van der Waals surface area contributed by atoms with E-state index in [9.17, 15) is 9.90 Å². The number of hydrogen-bond donors (Lipinski definition) is 1. The smallest absolute Gasteiger partial charge is 0.308 e. The number of ether oxygens (including phenoxy) is 1. The highest BCUT2D eigenvalue weighted by Gasteiger charge is 2.34. The van der Waals surface area contributed by atoms with E-state index < -0.39 is 18.1 Å². The molecule has 0 unspecified atom stereocenters. The third kappa shape index (κ3) is 6.09. The molecule has 0 amide bonds. The molecule has 1 aliphatic rings. The van der Waals surface area contributed by atoms with E-state index in [1.54, 1.807) is 30.7 Å². The van der Waals surface area contributed by atoms with E-state index in [-0.39, 0.29) is 5.92 Å². The first-order chi connectivity index (χ1) is 16.4. The number of piperidine rings is 1. The maximum atomic E-state index is 15.4. The number of carboxylic acid groups (broad SMARTS) is 1. The van der Waals surface area contributed by atoms with E-state index in [0.717, 1.165) is 36.2 Å². The van der Waals surface area contributed by atoms with Crippen LogP contribution in [0, 0.1) is 18.8 Å². The predicted octanol–water partition coefficient (Wildman–Crippen LogP) is 6.22. The Morgan fingerprint density at radius 3 is 2.94 bits per heavy atom. The van der Waals surface area contributed by atoms with Crippen molar-refractivity contribution in [3.63, 3.8) is 0 Å². The molecule has 8 heteroatoms. The first kappa shape index (κ1) is 24.9. The van der Waals surface area contributed by atoms with Crippen molar-refractivity contribution in [2.45, 2.75) is 36.6 Å². The van der Waals surface area contributed by atoms with Gasteiger partial charge in [0.15, 0.2) is 0 Å². The molecule has 0 aliphatic carbocycles. The molecular formula is C26H31FN2O3S2. The number of rotatable bonds is 10. The van der Waals surface area contributed by atoms with E-state index in [2.05, 4.69) is 28.9 Å². The Morgan fingerprint density at radius 1 is 1.35 bits per heavy atom. The van der Waals surface area contributed by atoms with Gasteiger partial charge in [-0.05, 0) is 80.6 Å². The first-order valence-corrected chi connectivity index (χ1v) is 13.5. The summed E-state index contributed by atoms with van der Waals surface area (Å²) in [5.74, 6) is 0.374. The van der Waals surface area contributed by atoms with Crippen LogP contribution in [0.25, 0.3) is 10.9 Å². The van der Waals surface area contributed by atoms with Gasteiger partial charge < -0.3 is 14.7 Å². The lowest BCUT2D eigenvalue weighted by Crippen LogP contribution is -2.44. The van der Waals surface area contributed by atoms with Crippen LogP contribution in [0.4, 0.5) is 4.39 Å². The van der Waals surface area contributed by atoms with E-state index >= 15 is 4.39 Å². The van der Waals surface area contributed by atoms with Gasteiger partial charge in [0.05, 0.1) is 22.8 Å². The first-order valence-electron chi connectivity index (χ1n) is 11.7. The highest BCUT2D eigenvalue weighted by molar-refractivity contribution is 8.01. The number of benzene rings is 1. The van der Waals surface area contributed by atoms with Crippen LogP contribution in [0.3, 0.4) is 0 Å². The van der Waals surface area contributed by atoms with Gasteiger partial charge >= 0.3 is 5.97 Å². The molecule has 0 radical (unpaired) electrons. The minimum atomic E-state index is -1.17. The number of aliphatic carboxylic acids is 1. The number of aromatic nitrogens is 1. The average Bonchev–Trinajstić information content (AvgIpc) is 3.26. The molecule has 3 aromatic rings. The number of thiophene rings is 1. The van der Waals surface area contributed by atoms with Crippen molar-refractivity contribution in [1.82, 2.24) is 9.88 Å². The summed E-state index contributed by atoms with van der Waals surface area (Å²) in [6.45, 7) is 4.38. The second kappa shape index (κ2) is 11.5. The third-order valence-corrected chi connectivity index (χ3v) is 8.84. The van der Waals surface area contributed by atoms with Gasteiger partial charge in [-0.2, -0.15) is 0 Å². The van der Waals surface area contributed by atoms with Crippen molar-refractivity contribution in [2.24, 2.45) is 11.8 Å². The zero-order chi connectivity index (χ0) is 24.1. The second-order valence-corrected chi connectivity index (χ2v) is 11.5. The molecule has 2 aromatic heterocycles. The van der Waals surface area contributed by atoms with Crippen LogP contribution in [-0.2, 0) is 4.79 Å². The second-order valence-electron chi connectivity index (χ2n) is 8.84. The Labute approximate surface area is 208 Å². The molecule has 3 atom stereocenters. The van der Waals surface area contributed by atoms with Gasteiger partial charge in [0.2, 0.25) is 0 Å². The predicted molar refractivity (Wildman–Crippen MR) is 137 cm³/mol. The Balaban J connectivity index is 1.33. The SMILES string of the molecule is COc1ccc2nccc([C@H](F)CC[C@@H]3CCN(CCSc4ccc(C)s4)C[C@@H]3C(=O)O)c2c1. The van der Waals surface area contributed by atoms with Crippen molar-refractivity contribution in [3.8, 4) is 5.75 Å². The molecule has 1 N–H and O–H groups in total. The highest BCUT2D eigenvalue weighted by Crippen LogP contribution is 2.35. The number of pyridine rings is 1. The van der Waals surface area contributed by atoms with Gasteiger partial charge in [0, 0.05) is 35.3 Å². The summed E-state index contributed by atoms with van der Waals surface area (Å²) in [5, 5.41) is 10.6. The molecule has 0 bridgehead atoms. The van der Waals surface area contributed by atoms with E-state index in [1.165, 1.54) is 9.09 Å². The van der Waals surface area contributed by atoms with Gasteiger partial charge in [-0.25, -0.2) is 4.39 Å². The average molecular weight is 503 g/mol. The van der Waals surface area contributed by atoms with Gasteiger partial charge in [-0.1, -0.05) is 0 Å². The van der Waals surface area contributed by atoms with Crippen molar-refractivity contribution < 1.29 is 19.0 Å². The number of likely N-dealkylation sites (tertiary alicyclic amines) is 1. The number of thioether (sulfide) groups is 1. The number of halogens is 1. The zero-order valence-corrected chi connectivity index (χ0v) is 21.2. The summed E-state index contributed by atoms with van der Waals surface area (Å²) >= 11 is 3.62. The van der Waals surface area contributed by atoms with Crippen molar-refractivity contribution in [1.29, 1.82) is 0 Å². The van der Waals surface area contributed by atoms with Crippen LogP contribution < -0.4 is 4.74 Å². The molecule has 1 aromatic carbocycles. The molecule has 0 saturated carbocycles. The molecule has 5 nitrogen and oxygen atoms in total. The van der Waals surface area contributed by atoms with E-state index in [4.69, 9.17) is 4.74 Å². The van der Waals surface area contributed by atoms with Crippen molar-refractivity contribution in [3.05, 3.63) is 53.0 Å². The lowest BCUT2D eigenvalue weighted by Gasteiger charge is -2.36. The highest BCUT2D eigenvalue weighted by atomic mass is 32.2. The summed E-state index contributed by atoms with van der Waals surface area (Å²) < 4.78 is 22.0. The Hall–Kier alpha value is -2.16. The maximum absolute atomic E-state index is 15.4. The Morgan fingerprint density at radius 2 is 2.21 bits per heavy atom. The molecule has 4 rings (SSSR count). The fourth-order valence-corrected chi connectivity index (χ4v) is 6.91. The van der Waals surface area contributed by atoms with E-state index in [1.807, 2.05) is 30.0 Å². The molecule has 1 aliphatic heterocycles. The summed E-state index contributed by atoms with van der Waals surface area (Å²) in [5.41, 5.74) is 1.32. The third-order valence-electron chi connectivity index (χ3n) is 6.64. The number of hydrogen-bond acceptors (Lipinski definition) is 6. The normalized spacial score (nSPS) is 19.9. The maximum Gasteiger partial charge on any atom is 0.308 e. The molecule has 182 valence electrons. The number of fused-ring (bicyclic) bond motifs is 1. The van der Waals surface area contributed by atoms with Gasteiger partial charge in [-0.3, -0.25) is 9.78 Å². The number of aryl methyl sites for hydroxylation is 1. The molecular weight excluding hydrogens is 471 g/mol. The van der Waals surface area contributed by atoms with Gasteiger partial charge in [0.1, 0.15) is 11.9 Å². The standard InChI is InChI=1S/C26H31FN2O3S2/c1-17-3-8-25(34-17)33-14-13-29-12-10-18(22(16-29)26(30)31)4-6-23(27)20-9-11-28-24-7-5-19(32-2)15-21(20)24/h3,5,7-9,11,15,18,22-23H,4,6,10,12-14,16H2,1-2H3,(H,30,31)/t18-,22+,23-/m1/s1. The van der Waals surface area contributed by atoms with Crippen LogP contribution in [0.15, 0.2) is 46.8 Å². The van der Waals surface area contributed by atoms with Crippen LogP contribution in [-0.4, -0.2) is 53.5 Å². The summed E-state index contributed by atoms with van der Waals surface area (Å²) in [6.07, 6.45) is 2.11. The summed E-state index contributed by atoms with van der Waals surface area (Å²) in [6, 6.07) is 11.5. The van der Waals surface area contributed by atoms with Gasteiger partial charge in [0.25, 0.3) is 0 Å². The largest absolute Gasteiger partial charge is 0.497 e. The Kier molecular flexibility index (Phi) is 8.45. The lowest BCUT2D eigenvalue weighted by molar-refractivity contribution is -0.146. The van der Waals surface area contributed by atoms with Crippen LogP contribution >= 0.6 is 23.1 Å². The van der Waals surface area contributed by atoms with Crippen LogP contribution in [0.1, 0.15) is 35.9 Å². The van der Waals surface area contributed by atoms with Crippen LogP contribution in [0.5, 0.6) is 5.75 Å². The molecule has 3 heterocycles. The summed E-state index contributed by atoms with van der Waals surface area (Å²) in [7, 11) is 1.59. The molecule has 1 fully saturated rings. The van der Waals surface area contributed by atoms with Crippen molar-refractivity contribution in [2.75, 3.05) is 32.5 Å². The fraction of sp³-hybridized carbons (Fsp3) is 0.462. The van der Waals surface area contributed by atoms with Crippen molar-refractivity contribution >= 4 is 40.0 Å². The lowest BCUT2D eigenvalue weighted by atomic mass is 9.81. The zero-order valence-electron chi connectivity index (χ0n) is 19.6. The Bertz CT molecular complexity index is 1120. The number of nitrogens with zero attached hydrogens (tertiary/aromatic N) is 2. The van der Waals surface area contributed by atoms with E-state index in [0.29, 0.717) is 30.7 Å². The number of methoxy groups -OCH3 is 1. The molecule has 0 spiro atoms. The summed E-state index contributed by atoms with van der Waals surface area (Å²) in [4.78, 5) is 19.9. The molecule has 34 heavy (non-hydrogen) atoms. The van der Waals surface area contributed by atoms with Crippen LogP contribution in [0.2, 0.25) is 0 Å². The minimum Gasteiger partial charge on any atom is -0.497 e. The topological polar surface area (TPSA) is 62.7 Å². The fourth-order valence-electron chi connectivity index (χ4n) is 4.72. The number of alkyl halides is 1. The quantitative estimate of drug-likeness (QED) is 0.332. The monoisotopic (exact) mass is 502 g/mol. The number of carbonyl (C=O) groups is 1. The molecule has 1 saturated heterocycles. The minimum absolute atomic E-state index is 0.0118. The number of carboxylic acids is 1. The van der Waals surface area contributed by atoms with Gasteiger partial charge in [-0.15, -0.1) is 23.1 Å².